The number of rotatable bonds is 6. The summed E-state index contributed by atoms with van der Waals surface area (Å²) in [6, 6.07) is 76.4. The third kappa shape index (κ3) is 5.42. The Morgan fingerprint density at radius 3 is 1.62 bits per heavy atom. The SMILES string of the molecule is c1ccc(-c2ccc(N(c3ccc(-c4ccc5c(ccc6c7ccccc7ccc56)c4)cc3)c3cccc(-c4cccc5c4oc4ccccc45)c3)cc2)cc1. The van der Waals surface area contributed by atoms with Gasteiger partial charge in [0.25, 0.3) is 0 Å². The van der Waals surface area contributed by atoms with E-state index in [1.807, 2.05) is 12.1 Å². The van der Waals surface area contributed by atoms with Crippen molar-refractivity contribution in [2.45, 2.75) is 0 Å². The Morgan fingerprint density at radius 1 is 0.286 bits per heavy atom. The van der Waals surface area contributed by atoms with Crippen LogP contribution >= 0.6 is 0 Å². The van der Waals surface area contributed by atoms with Gasteiger partial charge in [0.05, 0.1) is 0 Å². The van der Waals surface area contributed by atoms with Crippen molar-refractivity contribution in [3.63, 3.8) is 0 Å². The summed E-state index contributed by atoms with van der Waals surface area (Å²) < 4.78 is 6.47. The highest BCUT2D eigenvalue weighted by Crippen LogP contribution is 2.41. The van der Waals surface area contributed by atoms with Crippen molar-refractivity contribution >= 4 is 71.3 Å². The summed E-state index contributed by atoms with van der Waals surface area (Å²) in [6.07, 6.45) is 0. The van der Waals surface area contributed by atoms with Crippen molar-refractivity contribution in [3.8, 4) is 33.4 Å². The van der Waals surface area contributed by atoms with Crippen molar-refractivity contribution in [2.24, 2.45) is 0 Å². The van der Waals surface area contributed by atoms with E-state index in [9.17, 15) is 0 Å². The van der Waals surface area contributed by atoms with E-state index < -0.39 is 0 Å². The summed E-state index contributed by atoms with van der Waals surface area (Å²) in [4.78, 5) is 2.34. The average molecular weight is 714 g/mol. The Hall–Kier alpha value is -7.42. The second-order valence-electron chi connectivity index (χ2n) is 14.5. The Balaban J connectivity index is 0.996. The maximum absolute atomic E-state index is 6.47. The van der Waals surface area contributed by atoms with E-state index in [-0.39, 0.29) is 0 Å². The van der Waals surface area contributed by atoms with Gasteiger partial charge >= 0.3 is 0 Å². The number of hydrogen-bond acceptors (Lipinski definition) is 2. The highest BCUT2D eigenvalue weighted by Gasteiger charge is 2.17. The van der Waals surface area contributed by atoms with Crippen molar-refractivity contribution in [3.05, 3.63) is 212 Å². The molecule has 0 aliphatic carbocycles. The third-order valence-electron chi connectivity index (χ3n) is 11.3. The van der Waals surface area contributed by atoms with E-state index in [0.29, 0.717) is 0 Å². The van der Waals surface area contributed by atoms with Crippen LogP contribution in [0.5, 0.6) is 0 Å². The van der Waals surface area contributed by atoms with E-state index in [1.165, 1.54) is 54.6 Å². The van der Waals surface area contributed by atoms with E-state index in [2.05, 4.69) is 205 Å². The van der Waals surface area contributed by atoms with Crippen LogP contribution < -0.4 is 4.90 Å². The van der Waals surface area contributed by atoms with Gasteiger partial charge in [-0.1, -0.05) is 164 Å². The maximum Gasteiger partial charge on any atom is 0.143 e. The van der Waals surface area contributed by atoms with Crippen LogP contribution in [0.3, 0.4) is 0 Å². The van der Waals surface area contributed by atoms with Crippen LogP contribution in [-0.2, 0) is 0 Å². The molecular formula is C54H35NO. The lowest BCUT2D eigenvalue weighted by molar-refractivity contribution is 0.670. The minimum Gasteiger partial charge on any atom is -0.455 e. The van der Waals surface area contributed by atoms with Crippen LogP contribution in [0.1, 0.15) is 0 Å². The highest BCUT2D eigenvalue weighted by molar-refractivity contribution is 6.17. The van der Waals surface area contributed by atoms with Gasteiger partial charge in [-0.25, -0.2) is 0 Å². The molecule has 0 fully saturated rings. The molecule has 0 N–H and O–H groups in total. The Labute approximate surface area is 325 Å². The summed E-state index contributed by atoms with van der Waals surface area (Å²) >= 11 is 0. The van der Waals surface area contributed by atoms with Gasteiger partial charge < -0.3 is 9.32 Å². The number of anilines is 3. The maximum atomic E-state index is 6.47. The minimum atomic E-state index is 0.903. The molecule has 0 saturated carbocycles. The molecule has 0 unspecified atom stereocenters. The molecule has 11 rings (SSSR count). The second-order valence-corrected chi connectivity index (χ2v) is 14.5. The molecular weight excluding hydrogens is 679 g/mol. The quantitative estimate of drug-likeness (QED) is 0.160. The number of para-hydroxylation sites is 2. The van der Waals surface area contributed by atoms with Crippen molar-refractivity contribution < 1.29 is 4.42 Å². The van der Waals surface area contributed by atoms with E-state index in [1.54, 1.807) is 0 Å². The lowest BCUT2D eigenvalue weighted by Gasteiger charge is -2.26. The summed E-state index contributed by atoms with van der Waals surface area (Å²) in [6.45, 7) is 0. The van der Waals surface area contributed by atoms with E-state index in [0.717, 1.165) is 50.1 Å². The number of fused-ring (bicyclic) bond motifs is 8. The standard InChI is InChI=1S/C54H35NO/c1-2-10-36(11-3-1)37-20-27-43(28-21-37)55(45-14-8-13-41(35-45)48-17-9-18-52-51-16-6-7-19-53(51)56-54(48)52)44-29-22-38(23-30-44)40-25-31-47-42(34-40)26-33-49-46-15-5-4-12-39(46)24-32-50(47)49/h1-35H. The van der Waals surface area contributed by atoms with Gasteiger partial charge in [-0.3, -0.25) is 0 Å². The predicted molar refractivity (Wildman–Crippen MR) is 237 cm³/mol. The fourth-order valence-electron chi connectivity index (χ4n) is 8.48. The van der Waals surface area contributed by atoms with Crippen LogP contribution in [0.25, 0.3) is 87.6 Å². The summed E-state index contributed by atoms with van der Waals surface area (Å²) in [7, 11) is 0. The summed E-state index contributed by atoms with van der Waals surface area (Å²) in [5.74, 6) is 0. The molecule has 0 amide bonds. The largest absolute Gasteiger partial charge is 0.455 e. The molecule has 0 aliphatic rings. The van der Waals surface area contributed by atoms with Gasteiger partial charge in [0.1, 0.15) is 11.2 Å². The molecule has 1 heterocycles. The van der Waals surface area contributed by atoms with Gasteiger partial charge in [-0.2, -0.15) is 0 Å². The zero-order valence-electron chi connectivity index (χ0n) is 30.6. The summed E-state index contributed by atoms with van der Waals surface area (Å²) in [5, 5.41) is 9.92. The molecule has 0 atom stereocenters. The van der Waals surface area contributed by atoms with Gasteiger partial charge in [0.15, 0.2) is 0 Å². The van der Waals surface area contributed by atoms with Crippen molar-refractivity contribution in [2.75, 3.05) is 4.90 Å². The number of nitrogens with zero attached hydrogens (tertiary/aromatic N) is 1. The monoisotopic (exact) mass is 713 g/mol. The van der Waals surface area contributed by atoms with Crippen LogP contribution in [-0.4, -0.2) is 0 Å². The molecule has 1 aromatic heterocycles. The molecule has 262 valence electrons. The lowest BCUT2D eigenvalue weighted by atomic mass is 9.95. The predicted octanol–water partition coefficient (Wildman–Crippen LogP) is 15.5. The lowest BCUT2D eigenvalue weighted by Crippen LogP contribution is -2.10. The zero-order chi connectivity index (χ0) is 37.0. The Morgan fingerprint density at radius 2 is 0.839 bits per heavy atom. The van der Waals surface area contributed by atoms with Gasteiger partial charge in [-0.15, -0.1) is 0 Å². The molecule has 0 bridgehead atoms. The molecule has 10 aromatic carbocycles. The van der Waals surface area contributed by atoms with E-state index in [4.69, 9.17) is 4.42 Å². The highest BCUT2D eigenvalue weighted by atomic mass is 16.3. The molecule has 0 spiro atoms. The number of benzene rings is 10. The van der Waals surface area contributed by atoms with Crippen molar-refractivity contribution in [1.29, 1.82) is 0 Å². The van der Waals surface area contributed by atoms with Crippen LogP contribution in [0.15, 0.2) is 217 Å². The van der Waals surface area contributed by atoms with Crippen molar-refractivity contribution in [1.82, 2.24) is 0 Å². The number of hydrogen-bond donors (Lipinski definition) is 0. The molecule has 0 aliphatic heterocycles. The first-order valence-corrected chi connectivity index (χ1v) is 19.2. The molecule has 56 heavy (non-hydrogen) atoms. The first-order chi connectivity index (χ1) is 27.7. The second kappa shape index (κ2) is 13.2. The van der Waals surface area contributed by atoms with Crippen LogP contribution in [0, 0.1) is 0 Å². The van der Waals surface area contributed by atoms with E-state index >= 15 is 0 Å². The minimum absolute atomic E-state index is 0.903. The Kier molecular flexibility index (Phi) is 7.53. The molecule has 2 nitrogen and oxygen atoms in total. The first-order valence-electron chi connectivity index (χ1n) is 19.2. The average Bonchev–Trinajstić information content (AvgIpc) is 3.66. The summed E-state index contributed by atoms with van der Waals surface area (Å²) in [5.41, 5.74) is 12.0. The zero-order valence-corrected chi connectivity index (χ0v) is 30.6. The first kappa shape index (κ1) is 32.0. The molecule has 0 radical (unpaired) electrons. The fraction of sp³-hybridized carbons (Fsp3) is 0. The number of furan rings is 1. The molecule has 2 heteroatoms. The topological polar surface area (TPSA) is 16.4 Å². The van der Waals surface area contributed by atoms with Crippen LogP contribution in [0.2, 0.25) is 0 Å². The van der Waals surface area contributed by atoms with Gasteiger partial charge in [-0.05, 0) is 109 Å². The Bertz CT molecular complexity index is 3230. The van der Waals surface area contributed by atoms with Crippen LogP contribution in [0.4, 0.5) is 17.1 Å². The molecule has 0 saturated heterocycles. The fourth-order valence-corrected chi connectivity index (χ4v) is 8.48. The third-order valence-corrected chi connectivity index (χ3v) is 11.3. The molecule has 11 aromatic rings. The van der Waals surface area contributed by atoms with Gasteiger partial charge in [0, 0.05) is 33.4 Å². The van der Waals surface area contributed by atoms with Gasteiger partial charge in [0.2, 0.25) is 0 Å². The normalized spacial score (nSPS) is 11.6. The smallest absolute Gasteiger partial charge is 0.143 e.